The van der Waals surface area contributed by atoms with E-state index in [2.05, 4.69) is 20.5 Å². The van der Waals surface area contributed by atoms with Crippen molar-refractivity contribution in [3.63, 3.8) is 0 Å². The van der Waals surface area contributed by atoms with Crippen LogP contribution in [-0.4, -0.2) is 48.5 Å². The number of carbonyl (C=O) groups excluding carboxylic acids is 1. The molecular weight excluding hydrogens is 276 g/mol. The third kappa shape index (κ3) is 4.27. The summed E-state index contributed by atoms with van der Waals surface area (Å²) in [6.45, 7) is 5.78. The van der Waals surface area contributed by atoms with Gasteiger partial charge < -0.3 is 15.5 Å². The molecule has 2 N–H and O–H groups in total. The molecule has 2 heterocycles. The van der Waals surface area contributed by atoms with Crippen LogP contribution in [0.5, 0.6) is 0 Å². The van der Waals surface area contributed by atoms with Gasteiger partial charge in [0.25, 0.3) is 0 Å². The van der Waals surface area contributed by atoms with E-state index >= 15 is 0 Å². The summed E-state index contributed by atoms with van der Waals surface area (Å²) < 4.78 is 0. The van der Waals surface area contributed by atoms with Gasteiger partial charge in [-0.2, -0.15) is 0 Å². The minimum atomic E-state index is 0.173. The van der Waals surface area contributed by atoms with Gasteiger partial charge >= 0.3 is 0 Å². The number of anilines is 1. The third-order valence-electron chi connectivity index (χ3n) is 4.89. The Morgan fingerprint density at radius 2 is 1.86 bits per heavy atom. The first-order chi connectivity index (χ1) is 10.8. The largest absolute Gasteiger partial charge is 0.326 e. The zero-order valence-electron chi connectivity index (χ0n) is 13.1. The lowest BCUT2D eigenvalue weighted by atomic mass is 9.81. The molecule has 0 unspecified atom stereocenters. The first kappa shape index (κ1) is 15.4. The Labute approximate surface area is 132 Å². The highest BCUT2D eigenvalue weighted by molar-refractivity contribution is 5.92. The maximum atomic E-state index is 12.3. The Kier molecular flexibility index (Phi) is 5.40. The molecular formula is C17H26N4O. The van der Waals surface area contributed by atoms with Gasteiger partial charge in [0.1, 0.15) is 0 Å². The molecule has 0 radical (unpaired) electrons. The zero-order chi connectivity index (χ0) is 15.2. The van der Waals surface area contributed by atoms with Gasteiger partial charge in [0.2, 0.25) is 5.91 Å². The van der Waals surface area contributed by atoms with Crippen LogP contribution in [0.15, 0.2) is 24.5 Å². The Bertz CT molecular complexity index is 465. The lowest BCUT2D eigenvalue weighted by Gasteiger charge is -2.34. The lowest BCUT2D eigenvalue weighted by molar-refractivity contribution is -0.121. The van der Waals surface area contributed by atoms with Crippen LogP contribution >= 0.6 is 0 Å². The number of rotatable bonds is 4. The molecule has 1 amide bonds. The van der Waals surface area contributed by atoms with E-state index in [1.54, 1.807) is 12.4 Å². The summed E-state index contributed by atoms with van der Waals surface area (Å²) in [4.78, 5) is 18.9. The van der Waals surface area contributed by atoms with E-state index < -0.39 is 0 Å². The molecule has 2 aliphatic rings. The van der Waals surface area contributed by atoms with Crippen molar-refractivity contribution in [2.24, 2.45) is 11.8 Å². The predicted octanol–water partition coefficient (Wildman–Crippen LogP) is 1.73. The van der Waals surface area contributed by atoms with Crippen LogP contribution in [0.1, 0.15) is 25.7 Å². The van der Waals surface area contributed by atoms with Crippen LogP contribution in [0.4, 0.5) is 5.69 Å². The molecule has 5 heteroatoms. The molecule has 1 aliphatic carbocycles. The number of amides is 1. The van der Waals surface area contributed by atoms with Crippen LogP contribution in [0, 0.1) is 11.8 Å². The molecule has 2 fully saturated rings. The van der Waals surface area contributed by atoms with Gasteiger partial charge in [0, 0.05) is 56.7 Å². The van der Waals surface area contributed by atoms with Crippen molar-refractivity contribution >= 4 is 11.6 Å². The second-order valence-corrected chi connectivity index (χ2v) is 6.49. The maximum Gasteiger partial charge on any atom is 0.227 e. The van der Waals surface area contributed by atoms with Crippen LogP contribution in [0.2, 0.25) is 0 Å². The summed E-state index contributed by atoms with van der Waals surface area (Å²) in [5.74, 6) is 1.11. The molecule has 1 saturated carbocycles. The topological polar surface area (TPSA) is 57.3 Å². The van der Waals surface area contributed by atoms with Crippen molar-refractivity contribution < 1.29 is 4.79 Å². The highest BCUT2D eigenvalue weighted by atomic mass is 16.1. The van der Waals surface area contributed by atoms with Crippen LogP contribution in [-0.2, 0) is 4.79 Å². The molecule has 0 bridgehead atoms. The van der Waals surface area contributed by atoms with E-state index in [-0.39, 0.29) is 11.8 Å². The SMILES string of the molecule is O=C(Nc1ccncc1)C1CCC(CN2CCNCC2)CC1. The van der Waals surface area contributed by atoms with E-state index in [1.165, 1.54) is 32.5 Å². The van der Waals surface area contributed by atoms with E-state index in [1.807, 2.05) is 12.1 Å². The summed E-state index contributed by atoms with van der Waals surface area (Å²) in [6.07, 6.45) is 7.82. The molecule has 1 aromatic rings. The summed E-state index contributed by atoms with van der Waals surface area (Å²) in [5.41, 5.74) is 0.850. The van der Waals surface area contributed by atoms with Crippen molar-refractivity contribution in [3.8, 4) is 0 Å². The fourth-order valence-electron chi connectivity index (χ4n) is 3.55. The van der Waals surface area contributed by atoms with Gasteiger partial charge in [-0.15, -0.1) is 0 Å². The number of nitrogens with zero attached hydrogens (tertiary/aromatic N) is 2. The van der Waals surface area contributed by atoms with Gasteiger partial charge in [-0.25, -0.2) is 0 Å². The summed E-state index contributed by atoms with van der Waals surface area (Å²) in [7, 11) is 0. The highest BCUT2D eigenvalue weighted by Gasteiger charge is 2.27. The van der Waals surface area contributed by atoms with E-state index in [9.17, 15) is 4.79 Å². The van der Waals surface area contributed by atoms with Gasteiger partial charge in [-0.3, -0.25) is 9.78 Å². The molecule has 0 spiro atoms. The first-order valence-electron chi connectivity index (χ1n) is 8.45. The molecule has 5 nitrogen and oxygen atoms in total. The average Bonchev–Trinajstić information content (AvgIpc) is 2.57. The highest BCUT2D eigenvalue weighted by Crippen LogP contribution is 2.30. The minimum Gasteiger partial charge on any atom is -0.326 e. The molecule has 0 atom stereocenters. The van der Waals surface area contributed by atoms with Gasteiger partial charge in [-0.05, 0) is 43.7 Å². The van der Waals surface area contributed by atoms with Crippen molar-refractivity contribution in [1.82, 2.24) is 15.2 Å². The number of hydrogen-bond donors (Lipinski definition) is 2. The number of piperazine rings is 1. The number of carbonyl (C=O) groups is 1. The number of hydrogen-bond acceptors (Lipinski definition) is 4. The maximum absolute atomic E-state index is 12.3. The van der Waals surface area contributed by atoms with Crippen molar-refractivity contribution in [2.75, 3.05) is 38.0 Å². The Morgan fingerprint density at radius 1 is 1.18 bits per heavy atom. The van der Waals surface area contributed by atoms with Gasteiger partial charge in [-0.1, -0.05) is 0 Å². The standard InChI is InChI=1S/C17H26N4O/c22-17(20-16-5-7-18-8-6-16)15-3-1-14(2-4-15)13-21-11-9-19-10-12-21/h5-8,14-15,19H,1-4,9-13H2,(H,18,20,22). The predicted molar refractivity (Wildman–Crippen MR) is 87.6 cm³/mol. The Balaban J connectivity index is 1.42. The number of aromatic nitrogens is 1. The van der Waals surface area contributed by atoms with Crippen molar-refractivity contribution in [3.05, 3.63) is 24.5 Å². The first-order valence-corrected chi connectivity index (χ1v) is 8.45. The third-order valence-corrected chi connectivity index (χ3v) is 4.89. The smallest absolute Gasteiger partial charge is 0.227 e. The van der Waals surface area contributed by atoms with Gasteiger partial charge in [0.15, 0.2) is 0 Å². The molecule has 1 aliphatic heterocycles. The van der Waals surface area contributed by atoms with E-state index in [4.69, 9.17) is 0 Å². The molecule has 1 aromatic heterocycles. The minimum absolute atomic E-state index is 0.173. The molecule has 0 aromatic carbocycles. The number of pyridine rings is 1. The van der Waals surface area contributed by atoms with Crippen LogP contribution < -0.4 is 10.6 Å². The average molecular weight is 302 g/mol. The quantitative estimate of drug-likeness (QED) is 0.889. The fraction of sp³-hybridized carbons (Fsp3) is 0.647. The van der Waals surface area contributed by atoms with Gasteiger partial charge in [0.05, 0.1) is 0 Å². The Morgan fingerprint density at radius 3 is 2.55 bits per heavy atom. The van der Waals surface area contributed by atoms with Crippen LogP contribution in [0.3, 0.4) is 0 Å². The monoisotopic (exact) mass is 302 g/mol. The molecule has 1 saturated heterocycles. The second-order valence-electron chi connectivity index (χ2n) is 6.49. The zero-order valence-corrected chi connectivity index (χ0v) is 13.1. The molecule has 22 heavy (non-hydrogen) atoms. The molecule has 3 rings (SSSR count). The van der Waals surface area contributed by atoms with E-state index in [0.29, 0.717) is 0 Å². The normalized spacial score (nSPS) is 26.5. The Hall–Kier alpha value is -1.46. The summed E-state index contributed by atoms with van der Waals surface area (Å²) in [5, 5.41) is 6.41. The fourth-order valence-corrected chi connectivity index (χ4v) is 3.55. The number of nitrogens with one attached hydrogen (secondary N) is 2. The van der Waals surface area contributed by atoms with Crippen molar-refractivity contribution in [1.29, 1.82) is 0 Å². The summed E-state index contributed by atoms with van der Waals surface area (Å²) in [6, 6.07) is 3.68. The summed E-state index contributed by atoms with van der Waals surface area (Å²) >= 11 is 0. The van der Waals surface area contributed by atoms with Crippen molar-refractivity contribution in [2.45, 2.75) is 25.7 Å². The second kappa shape index (κ2) is 7.70. The van der Waals surface area contributed by atoms with Crippen LogP contribution in [0.25, 0.3) is 0 Å². The lowest BCUT2D eigenvalue weighted by Crippen LogP contribution is -2.45. The van der Waals surface area contributed by atoms with E-state index in [0.717, 1.165) is 37.5 Å². The molecule has 120 valence electrons.